The first-order valence-corrected chi connectivity index (χ1v) is 10.3. The van der Waals surface area contributed by atoms with Crippen molar-refractivity contribution in [2.75, 3.05) is 25.6 Å². The molecule has 2 aromatic rings. The zero-order valence-corrected chi connectivity index (χ0v) is 16.3. The van der Waals surface area contributed by atoms with Crippen LogP contribution >= 0.6 is 0 Å². The molecule has 1 unspecified atom stereocenters. The lowest BCUT2D eigenvalue weighted by atomic mass is 9.91. The Hall–Kier alpha value is -2.80. The number of carbonyl (C=O) groups excluding carboxylic acids is 1. The van der Waals surface area contributed by atoms with E-state index in [-0.39, 0.29) is 18.7 Å². The maximum Gasteiger partial charge on any atom is 0.231 e. The minimum absolute atomic E-state index is 0.0794. The van der Waals surface area contributed by atoms with Gasteiger partial charge in [-0.3, -0.25) is 9.69 Å². The number of benzene rings is 1. The Morgan fingerprint density at radius 3 is 2.76 bits per heavy atom. The molecule has 2 aliphatic heterocycles. The van der Waals surface area contributed by atoms with Gasteiger partial charge in [-0.05, 0) is 48.4 Å². The van der Waals surface area contributed by atoms with Gasteiger partial charge in [-0.25, -0.2) is 4.98 Å². The summed E-state index contributed by atoms with van der Waals surface area (Å²) in [5.74, 6) is 3.14. The summed E-state index contributed by atoms with van der Waals surface area (Å²) >= 11 is 0. The van der Waals surface area contributed by atoms with E-state index in [0.29, 0.717) is 24.1 Å². The summed E-state index contributed by atoms with van der Waals surface area (Å²) in [6.07, 6.45) is 4.42. The number of ether oxygens (including phenoxy) is 2. The number of carbonyl (C=O) groups is 1. The van der Waals surface area contributed by atoms with Gasteiger partial charge in [0, 0.05) is 37.4 Å². The van der Waals surface area contributed by atoms with Crippen LogP contribution in [0.4, 0.5) is 5.82 Å². The second kappa shape index (κ2) is 7.55. The molecular formula is C22H26N4O3. The SMILES string of the molecule is Nc1ncccc1CN1C[C@H]2CC[C@@H](C1)C2NC(=O)Cc1ccc2c(c1)OCO2. The van der Waals surface area contributed by atoms with Crippen molar-refractivity contribution < 1.29 is 14.3 Å². The maximum absolute atomic E-state index is 12.7. The molecule has 3 heterocycles. The first-order valence-electron chi connectivity index (χ1n) is 10.3. The number of piperidine rings is 1. The number of nitrogens with zero attached hydrogens (tertiary/aromatic N) is 2. The molecule has 1 aromatic heterocycles. The second-order valence-corrected chi connectivity index (χ2v) is 8.30. The number of nitrogens with two attached hydrogens (primary N) is 1. The van der Waals surface area contributed by atoms with Crippen molar-refractivity contribution in [3.63, 3.8) is 0 Å². The molecule has 2 fully saturated rings. The van der Waals surface area contributed by atoms with Crippen LogP contribution in [-0.2, 0) is 17.8 Å². The van der Waals surface area contributed by atoms with E-state index in [1.807, 2.05) is 30.3 Å². The van der Waals surface area contributed by atoms with Crippen LogP contribution in [0.1, 0.15) is 24.0 Å². The Kier molecular flexibility index (Phi) is 4.75. The number of aromatic nitrogens is 1. The standard InChI is InChI=1S/C22H26N4O3/c23-22-17(2-1-7-24-22)12-26-10-15-4-5-16(11-26)21(15)25-20(27)9-14-3-6-18-19(8-14)29-13-28-18/h1-3,6-8,15-16,21H,4-5,9-13H2,(H2,23,24)(H,25,27)/t15-,16+,21?. The highest BCUT2D eigenvalue weighted by Crippen LogP contribution is 2.38. The molecule has 1 saturated heterocycles. The lowest BCUT2D eigenvalue weighted by Crippen LogP contribution is -2.52. The van der Waals surface area contributed by atoms with Gasteiger partial charge in [0.25, 0.3) is 0 Å². The number of hydrogen-bond acceptors (Lipinski definition) is 6. The number of amides is 1. The first kappa shape index (κ1) is 18.2. The van der Waals surface area contributed by atoms with Gasteiger partial charge in [-0.15, -0.1) is 0 Å². The molecule has 3 atom stereocenters. The van der Waals surface area contributed by atoms with Gasteiger partial charge < -0.3 is 20.5 Å². The van der Waals surface area contributed by atoms with E-state index in [1.165, 1.54) is 12.8 Å². The van der Waals surface area contributed by atoms with Gasteiger partial charge in [0.2, 0.25) is 12.7 Å². The van der Waals surface area contributed by atoms with Crippen molar-refractivity contribution in [2.24, 2.45) is 11.8 Å². The first-order chi connectivity index (χ1) is 14.2. The van der Waals surface area contributed by atoms with Crippen LogP contribution in [0.5, 0.6) is 11.5 Å². The molecule has 152 valence electrons. The summed E-state index contributed by atoms with van der Waals surface area (Å²) in [7, 11) is 0. The summed E-state index contributed by atoms with van der Waals surface area (Å²) < 4.78 is 10.7. The number of anilines is 1. The Bertz CT molecular complexity index is 905. The van der Waals surface area contributed by atoms with Crippen LogP contribution < -0.4 is 20.5 Å². The van der Waals surface area contributed by atoms with Gasteiger partial charge in [-0.2, -0.15) is 0 Å². The third-order valence-electron chi connectivity index (χ3n) is 6.36. The Balaban J connectivity index is 1.19. The van der Waals surface area contributed by atoms with Crippen molar-refractivity contribution in [2.45, 2.75) is 31.8 Å². The van der Waals surface area contributed by atoms with Crippen molar-refractivity contribution in [3.05, 3.63) is 47.7 Å². The number of likely N-dealkylation sites (tertiary alicyclic amines) is 1. The topological polar surface area (TPSA) is 89.7 Å². The molecule has 29 heavy (non-hydrogen) atoms. The molecule has 2 bridgehead atoms. The van der Waals surface area contributed by atoms with E-state index >= 15 is 0 Å². The van der Waals surface area contributed by atoms with Gasteiger partial charge in [0.1, 0.15) is 5.82 Å². The van der Waals surface area contributed by atoms with Crippen molar-refractivity contribution in [3.8, 4) is 11.5 Å². The van der Waals surface area contributed by atoms with E-state index in [4.69, 9.17) is 15.2 Å². The fourth-order valence-electron chi connectivity index (χ4n) is 4.98. The number of nitrogens with one attached hydrogen (secondary N) is 1. The van der Waals surface area contributed by atoms with Crippen LogP contribution in [0.2, 0.25) is 0 Å². The lowest BCUT2D eigenvalue weighted by Gasteiger charge is -2.38. The third-order valence-corrected chi connectivity index (χ3v) is 6.36. The van der Waals surface area contributed by atoms with Gasteiger partial charge in [0.05, 0.1) is 6.42 Å². The monoisotopic (exact) mass is 394 g/mol. The fraction of sp³-hybridized carbons (Fsp3) is 0.455. The van der Waals surface area contributed by atoms with E-state index in [2.05, 4.69) is 15.2 Å². The Morgan fingerprint density at radius 2 is 1.97 bits per heavy atom. The summed E-state index contributed by atoms with van der Waals surface area (Å²) in [5.41, 5.74) is 8.04. The molecule has 0 radical (unpaired) electrons. The highest BCUT2D eigenvalue weighted by atomic mass is 16.7. The largest absolute Gasteiger partial charge is 0.454 e. The summed E-state index contributed by atoms with van der Waals surface area (Å²) in [6, 6.07) is 9.95. The molecule has 3 N–H and O–H groups in total. The van der Waals surface area contributed by atoms with Gasteiger partial charge >= 0.3 is 0 Å². The highest BCUT2D eigenvalue weighted by molar-refractivity contribution is 5.79. The van der Waals surface area contributed by atoms with E-state index < -0.39 is 0 Å². The predicted octanol–water partition coefficient (Wildman–Crippen LogP) is 1.96. The molecule has 1 aromatic carbocycles. The third kappa shape index (κ3) is 3.74. The highest BCUT2D eigenvalue weighted by Gasteiger charge is 2.42. The molecule has 1 aliphatic carbocycles. The molecule has 5 rings (SSSR count). The normalized spacial score (nSPS) is 25.2. The van der Waals surface area contributed by atoms with Crippen LogP contribution in [0.3, 0.4) is 0 Å². The number of rotatable bonds is 5. The van der Waals surface area contributed by atoms with E-state index in [9.17, 15) is 4.79 Å². The van der Waals surface area contributed by atoms with Crippen molar-refractivity contribution in [1.82, 2.24) is 15.2 Å². The Morgan fingerprint density at radius 1 is 1.17 bits per heavy atom. The molecule has 1 saturated carbocycles. The summed E-state index contributed by atoms with van der Waals surface area (Å²) in [5, 5.41) is 3.32. The molecule has 0 spiro atoms. The van der Waals surface area contributed by atoms with Gasteiger partial charge in [0.15, 0.2) is 11.5 Å². The molecule has 7 heteroatoms. The van der Waals surface area contributed by atoms with Crippen molar-refractivity contribution in [1.29, 1.82) is 0 Å². The van der Waals surface area contributed by atoms with E-state index in [1.54, 1.807) is 6.20 Å². The number of pyridine rings is 1. The summed E-state index contributed by atoms with van der Waals surface area (Å²) in [4.78, 5) is 19.3. The van der Waals surface area contributed by atoms with Crippen LogP contribution in [0, 0.1) is 11.8 Å². The van der Waals surface area contributed by atoms with Crippen molar-refractivity contribution >= 4 is 11.7 Å². The number of nitrogen functional groups attached to an aromatic ring is 1. The lowest BCUT2D eigenvalue weighted by molar-refractivity contribution is -0.122. The Labute approximate surface area is 170 Å². The predicted molar refractivity (Wildman–Crippen MR) is 108 cm³/mol. The second-order valence-electron chi connectivity index (χ2n) is 8.30. The zero-order valence-electron chi connectivity index (χ0n) is 16.3. The number of hydrogen-bond donors (Lipinski definition) is 2. The maximum atomic E-state index is 12.7. The molecule has 3 aliphatic rings. The summed E-state index contributed by atoms with van der Waals surface area (Å²) in [6.45, 7) is 3.04. The average molecular weight is 394 g/mol. The number of fused-ring (bicyclic) bond motifs is 3. The fourth-order valence-corrected chi connectivity index (χ4v) is 4.98. The van der Waals surface area contributed by atoms with E-state index in [0.717, 1.165) is 42.3 Å². The minimum atomic E-state index is 0.0794. The average Bonchev–Trinajstić information content (AvgIpc) is 3.25. The van der Waals surface area contributed by atoms with Crippen LogP contribution in [0.25, 0.3) is 0 Å². The minimum Gasteiger partial charge on any atom is -0.454 e. The molecule has 1 amide bonds. The molecule has 7 nitrogen and oxygen atoms in total. The zero-order chi connectivity index (χ0) is 19.8. The molecular weight excluding hydrogens is 368 g/mol. The van der Waals surface area contributed by atoms with Crippen LogP contribution in [0.15, 0.2) is 36.5 Å². The smallest absolute Gasteiger partial charge is 0.231 e. The van der Waals surface area contributed by atoms with Gasteiger partial charge in [-0.1, -0.05) is 12.1 Å². The van der Waals surface area contributed by atoms with Crippen LogP contribution in [-0.4, -0.2) is 41.7 Å². The quantitative estimate of drug-likeness (QED) is 0.806.